The number of rotatable bonds is 7. The second kappa shape index (κ2) is 9.77. The quantitative estimate of drug-likeness (QED) is 0.690. The zero-order valence-corrected chi connectivity index (χ0v) is 18.2. The van der Waals surface area contributed by atoms with E-state index in [0.717, 1.165) is 36.3 Å². The van der Waals surface area contributed by atoms with Crippen molar-refractivity contribution in [1.29, 1.82) is 0 Å². The number of hydrogen-bond donors (Lipinski definition) is 0. The SMILES string of the molecule is CN(Cc1ccccc1N1CCCC1)C(=O)CCC(=O)N1CCC(c2ccccc2)=N1. The largest absolute Gasteiger partial charge is 0.371 e. The molecule has 0 N–H and O–H groups in total. The van der Waals surface area contributed by atoms with Gasteiger partial charge < -0.3 is 9.80 Å². The molecular formula is C25H30N4O2. The summed E-state index contributed by atoms with van der Waals surface area (Å²) in [7, 11) is 1.81. The Kier molecular flexibility index (Phi) is 6.65. The molecule has 0 saturated carbocycles. The summed E-state index contributed by atoms with van der Waals surface area (Å²) < 4.78 is 0. The molecule has 0 aliphatic carbocycles. The monoisotopic (exact) mass is 418 g/mol. The van der Waals surface area contributed by atoms with E-state index in [-0.39, 0.29) is 24.7 Å². The summed E-state index contributed by atoms with van der Waals surface area (Å²) >= 11 is 0. The lowest BCUT2D eigenvalue weighted by molar-refractivity contribution is -0.136. The van der Waals surface area contributed by atoms with Crippen LogP contribution in [0.3, 0.4) is 0 Å². The van der Waals surface area contributed by atoms with Gasteiger partial charge in [-0.05, 0) is 30.0 Å². The number of carbonyl (C=O) groups excluding carboxylic acids is 2. The number of hydrogen-bond acceptors (Lipinski definition) is 4. The average molecular weight is 419 g/mol. The molecule has 0 atom stereocenters. The smallest absolute Gasteiger partial charge is 0.243 e. The highest BCUT2D eigenvalue weighted by atomic mass is 16.2. The number of nitrogens with zero attached hydrogens (tertiary/aromatic N) is 4. The zero-order valence-electron chi connectivity index (χ0n) is 18.2. The van der Waals surface area contributed by atoms with Crippen LogP contribution < -0.4 is 4.90 Å². The van der Waals surface area contributed by atoms with Crippen LogP contribution in [0.25, 0.3) is 0 Å². The molecule has 2 aromatic carbocycles. The number of carbonyl (C=O) groups is 2. The van der Waals surface area contributed by atoms with Crippen molar-refractivity contribution < 1.29 is 9.59 Å². The molecule has 2 aliphatic rings. The maximum absolute atomic E-state index is 12.7. The van der Waals surface area contributed by atoms with Crippen LogP contribution in [0.2, 0.25) is 0 Å². The standard InChI is InChI=1S/C25H30N4O2/c1-27(19-21-11-5-6-12-23(21)28-16-7-8-17-28)24(30)13-14-25(31)29-18-15-22(26-29)20-9-3-2-4-10-20/h2-6,9-12H,7-8,13-19H2,1H3. The first-order valence-corrected chi connectivity index (χ1v) is 11.1. The Labute approximate surface area is 184 Å². The minimum Gasteiger partial charge on any atom is -0.371 e. The number of anilines is 1. The van der Waals surface area contributed by atoms with Gasteiger partial charge in [-0.25, -0.2) is 5.01 Å². The van der Waals surface area contributed by atoms with E-state index in [1.165, 1.54) is 23.5 Å². The van der Waals surface area contributed by atoms with E-state index in [1.807, 2.05) is 43.4 Å². The molecule has 2 aromatic rings. The Morgan fingerprint density at radius 1 is 0.935 bits per heavy atom. The molecule has 4 rings (SSSR count). The predicted molar refractivity (Wildman–Crippen MR) is 123 cm³/mol. The second-order valence-electron chi connectivity index (χ2n) is 8.25. The molecule has 0 aromatic heterocycles. The molecular weight excluding hydrogens is 388 g/mol. The van der Waals surface area contributed by atoms with Gasteiger partial charge in [0.25, 0.3) is 0 Å². The molecule has 162 valence electrons. The van der Waals surface area contributed by atoms with Gasteiger partial charge in [0.05, 0.1) is 12.3 Å². The highest BCUT2D eigenvalue weighted by Gasteiger charge is 2.23. The summed E-state index contributed by atoms with van der Waals surface area (Å²) in [5.41, 5.74) is 4.35. The number of para-hydroxylation sites is 1. The first-order valence-electron chi connectivity index (χ1n) is 11.1. The lowest BCUT2D eigenvalue weighted by Gasteiger charge is -2.24. The van der Waals surface area contributed by atoms with Crippen LogP contribution in [0, 0.1) is 0 Å². The van der Waals surface area contributed by atoms with Gasteiger partial charge in [0.2, 0.25) is 11.8 Å². The van der Waals surface area contributed by atoms with Crippen LogP contribution in [0.1, 0.15) is 43.2 Å². The van der Waals surface area contributed by atoms with Crippen LogP contribution in [-0.4, -0.2) is 54.1 Å². The van der Waals surface area contributed by atoms with E-state index in [9.17, 15) is 9.59 Å². The summed E-state index contributed by atoms with van der Waals surface area (Å²) in [6.45, 7) is 3.28. The van der Waals surface area contributed by atoms with E-state index in [2.05, 4.69) is 28.2 Å². The van der Waals surface area contributed by atoms with E-state index in [0.29, 0.717) is 13.1 Å². The minimum atomic E-state index is -0.0925. The average Bonchev–Trinajstić information content (AvgIpc) is 3.51. The first kappa shape index (κ1) is 21.1. The summed E-state index contributed by atoms with van der Waals surface area (Å²) in [5, 5.41) is 5.99. The third-order valence-corrected chi connectivity index (χ3v) is 6.02. The van der Waals surface area contributed by atoms with Gasteiger partial charge in [-0.15, -0.1) is 0 Å². The Morgan fingerprint density at radius 2 is 1.65 bits per heavy atom. The fourth-order valence-corrected chi connectivity index (χ4v) is 4.26. The van der Waals surface area contributed by atoms with Crippen molar-refractivity contribution in [2.45, 2.75) is 38.6 Å². The second-order valence-corrected chi connectivity index (χ2v) is 8.25. The molecule has 1 saturated heterocycles. The van der Waals surface area contributed by atoms with Gasteiger partial charge in [-0.1, -0.05) is 48.5 Å². The Morgan fingerprint density at radius 3 is 2.42 bits per heavy atom. The van der Waals surface area contributed by atoms with E-state index >= 15 is 0 Å². The van der Waals surface area contributed by atoms with Crippen LogP contribution in [0.5, 0.6) is 0 Å². The molecule has 2 heterocycles. The Bertz CT molecular complexity index is 951. The third-order valence-electron chi connectivity index (χ3n) is 6.02. The fourth-order valence-electron chi connectivity index (χ4n) is 4.26. The molecule has 31 heavy (non-hydrogen) atoms. The number of amides is 2. The Balaban J connectivity index is 1.30. The van der Waals surface area contributed by atoms with Crippen molar-refractivity contribution >= 4 is 23.2 Å². The molecule has 0 spiro atoms. The topological polar surface area (TPSA) is 56.2 Å². The van der Waals surface area contributed by atoms with E-state index in [1.54, 1.807) is 4.90 Å². The Hall–Kier alpha value is -3.15. The maximum Gasteiger partial charge on any atom is 0.243 e. The van der Waals surface area contributed by atoms with Crippen LogP contribution in [0.4, 0.5) is 5.69 Å². The number of hydrazone groups is 1. The number of benzene rings is 2. The normalized spacial score (nSPS) is 15.8. The van der Waals surface area contributed by atoms with Crippen LogP contribution in [-0.2, 0) is 16.1 Å². The van der Waals surface area contributed by atoms with Crippen molar-refractivity contribution in [3.63, 3.8) is 0 Å². The van der Waals surface area contributed by atoms with Crippen molar-refractivity contribution in [2.75, 3.05) is 31.6 Å². The summed E-state index contributed by atoms with van der Waals surface area (Å²) in [4.78, 5) is 29.4. The van der Waals surface area contributed by atoms with Gasteiger partial charge in [0.1, 0.15) is 0 Å². The van der Waals surface area contributed by atoms with Gasteiger partial charge in [0, 0.05) is 51.6 Å². The summed E-state index contributed by atoms with van der Waals surface area (Å²) in [6.07, 6.45) is 3.57. The van der Waals surface area contributed by atoms with Gasteiger partial charge in [-0.3, -0.25) is 9.59 Å². The van der Waals surface area contributed by atoms with Crippen LogP contribution >= 0.6 is 0 Å². The highest BCUT2D eigenvalue weighted by molar-refractivity contribution is 6.02. The van der Waals surface area contributed by atoms with Crippen molar-refractivity contribution in [3.8, 4) is 0 Å². The maximum atomic E-state index is 12.7. The molecule has 0 unspecified atom stereocenters. The van der Waals surface area contributed by atoms with Crippen molar-refractivity contribution in [2.24, 2.45) is 5.10 Å². The molecule has 2 aliphatic heterocycles. The van der Waals surface area contributed by atoms with Gasteiger partial charge >= 0.3 is 0 Å². The minimum absolute atomic E-state index is 0.0176. The first-order chi connectivity index (χ1) is 15.1. The van der Waals surface area contributed by atoms with Crippen molar-refractivity contribution in [3.05, 3.63) is 65.7 Å². The summed E-state index contributed by atoms with van der Waals surface area (Å²) in [6, 6.07) is 18.2. The van der Waals surface area contributed by atoms with E-state index < -0.39 is 0 Å². The van der Waals surface area contributed by atoms with Gasteiger partial charge in [-0.2, -0.15) is 5.10 Å². The zero-order chi connectivity index (χ0) is 21.6. The van der Waals surface area contributed by atoms with Crippen LogP contribution in [0.15, 0.2) is 59.7 Å². The highest BCUT2D eigenvalue weighted by Crippen LogP contribution is 2.25. The molecule has 6 nitrogen and oxygen atoms in total. The summed E-state index contributed by atoms with van der Waals surface area (Å²) in [5.74, 6) is -0.110. The molecule has 1 fully saturated rings. The van der Waals surface area contributed by atoms with Crippen molar-refractivity contribution in [1.82, 2.24) is 9.91 Å². The molecule has 6 heteroatoms. The lowest BCUT2D eigenvalue weighted by Crippen LogP contribution is -2.30. The molecule has 0 radical (unpaired) electrons. The molecule has 0 bridgehead atoms. The van der Waals surface area contributed by atoms with E-state index in [4.69, 9.17) is 0 Å². The third kappa shape index (κ3) is 5.13. The molecule has 2 amide bonds. The predicted octanol–water partition coefficient (Wildman–Crippen LogP) is 3.66. The fraction of sp³-hybridized carbons (Fsp3) is 0.400. The lowest BCUT2D eigenvalue weighted by atomic mass is 10.1. The van der Waals surface area contributed by atoms with Gasteiger partial charge in [0.15, 0.2) is 0 Å².